The van der Waals surface area contributed by atoms with E-state index in [2.05, 4.69) is 4.98 Å². The first-order chi connectivity index (χ1) is 15.2. The molecule has 29 heavy (non-hydrogen) atoms. The third-order valence-corrected chi connectivity index (χ3v) is 6.07. The fraction of sp³-hybridized carbons (Fsp3) is 0.333. The molecule has 0 saturated heterocycles. The molecule has 0 radical (unpaired) electrons. The van der Waals surface area contributed by atoms with E-state index in [-0.39, 0.29) is 24.1 Å². The molecule has 0 bridgehead atoms. The third-order valence-electron chi connectivity index (χ3n) is 5.82. The van der Waals surface area contributed by atoms with Gasteiger partial charge in [0.1, 0.15) is 5.82 Å². The number of rotatable bonds is 4. The Kier molecular flexibility index (Phi) is 4.79. The van der Waals surface area contributed by atoms with Crippen molar-refractivity contribution in [2.24, 2.45) is 5.92 Å². The van der Waals surface area contributed by atoms with Gasteiger partial charge >= 0.3 is 0 Å². The number of hydrogen-bond donors (Lipinski definition) is 0. The summed E-state index contributed by atoms with van der Waals surface area (Å²) in [5.74, 6) is -0.311. The second-order valence-electron chi connectivity index (χ2n) is 7.69. The SMILES string of the molecule is [2H]C([2H])([2H])N(C(=O)CC1CCC(c2ccnc3ccc(F)cc23)CC1)c1ccc(Cl)cc1. The lowest BCUT2D eigenvalue weighted by molar-refractivity contribution is -0.119. The van der Waals surface area contributed by atoms with E-state index >= 15 is 0 Å². The summed E-state index contributed by atoms with van der Waals surface area (Å²) in [6.07, 6.45) is 5.28. The number of pyridine rings is 1. The molecule has 1 fully saturated rings. The van der Waals surface area contributed by atoms with E-state index in [9.17, 15) is 9.18 Å². The Labute approximate surface area is 179 Å². The average molecular weight is 414 g/mol. The molecule has 0 atom stereocenters. The van der Waals surface area contributed by atoms with Gasteiger partial charge in [-0.2, -0.15) is 0 Å². The van der Waals surface area contributed by atoms with Crippen LogP contribution in [-0.4, -0.2) is 17.9 Å². The highest BCUT2D eigenvalue weighted by molar-refractivity contribution is 6.30. The highest BCUT2D eigenvalue weighted by Gasteiger charge is 2.26. The Hall–Kier alpha value is -2.46. The van der Waals surface area contributed by atoms with Crippen molar-refractivity contribution in [3.05, 3.63) is 71.1 Å². The number of amides is 1. The van der Waals surface area contributed by atoms with Crippen LogP contribution in [0.25, 0.3) is 10.9 Å². The smallest absolute Gasteiger partial charge is 0.226 e. The summed E-state index contributed by atoms with van der Waals surface area (Å²) in [5.41, 5.74) is 2.18. The van der Waals surface area contributed by atoms with Gasteiger partial charge in [0, 0.05) is 39.8 Å². The summed E-state index contributed by atoms with van der Waals surface area (Å²) < 4.78 is 37.3. The molecule has 5 heteroatoms. The van der Waals surface area contributed by atoms with Crippen molar-refractivity contribution >= 4 is 34.1 Å². The van der Waals surface area contributed by atoms with Crippen molar-refractivity contribution in [3.63, 3.8) is 0 Å². The second kappa shape index (κ2) is 8.50. The van der Waals surface area contributed by atoms with Gasteiger partial charge in [0.15, 0.2) is 0 Å². The Morgan fingerprint density at radius 3 is 2.66 bits per heavy atom. The number of anilines is 1. The molecule has 0 aliphatic heterocycles. The summed E-state index contributed by atoms with van der Waals surface area (Å²) in [6, 6.07) is 12.9. The van der Waals surface area contributed by atoms with Crippen LogP contribution in [0.2, 0.25) is 5.02 Å². The van der Waals surface area contributed by atoms with Crippen molar-refractivity contribution in [1.29, 1.82) is 0 Å². The van der Waals surface area contributed by atoms with Crippen LogP contribution >= 0.6 is 11.6 Å². The predicted octanol–water partition coefficient (Wildman–Crippen LogP) is 6.35. The molecule has 3 nitrogen and oxygen atoms in total. The van der Waals surface area contributed by atoms with E-state index < -0.39 is 12.9 Å². The monoisotopic (exact) mass is 413 g/mol. The third kappa shape index (κ3) is 4.43. The maximum atomic E-state index is 13.8. The number of benzene rings is 2. The first-order valence-electron chi connectivity index (χ1n) is 11.3. The van der Waals surface area contributed by atoms with E-state index in [0.29, 0.717) is 10.7 Å². The number of carbonyl (C=O) groups excluding carboxylic acids is 1. The van der Waals surface area contributed by atoms with Crippen LogP contribution in [0.15, 0.2) is 54.7 Å². The summed E-state index contributed by atoms with van der Waals surface area (Å²) in [7, 11) is 0. The largest absolute Gasteiger partial charge is 0.315 e. The zero-order valence-corrected chi connectivity index (χ0v) is 16.7. The maximum absolute atomic E-state index is 13.8. The van der Waals surface area contributed by atoms with E-state index in [0.717, 1.165) is 47.0 Å². The molecule has 4 rings (SSSR count). The van der Waals surface area contributed by atoms with Crippen molar-refractivity contribution in [3.8, 4) is 0 Å². The fourth-order valence-electron chi connectivity index (χ4n) is 4.25. The van der Waals surface area contributed by atoms with E-state index in [1.165, 1.54) is 12.1 Å². The van der Waals surface area contributed by atoms with Gasteiger partial charge in [-0.15, -0.1) is 0 Å². The lowest BCUT2D eigenvalue weighted by Crippen LogP contribution is -2.29. The normalized spacial score (nSPS) is 21.2. The fourth-order valence-corrected chi connectivity index (χ4v) is 4.37. The molecule has 0 spiro atoms. The van der Waals surface area contributed by atoms with Crippen LogP contribution in [-0.2, 0) is 4.79 Å². The minimum Gasteiger partial charge on any atom is -0.315 e. The summed E-state index contributed by atoms with van der Waals surface area (Å²) in [5, 5.41) is 1.32. The summed E-state index contributed by atoms with van der Waals surface area (Å²) >= 11 is 5.91. The van der Waals surface area contributed by atoms with Gasteiger partial charge in [-0.05, 0) is 91.6 Å². The number of nitrogens with zero attached hydrogens (tertiary/aromatic N) is 2. The molecule has 1 aromatic heterocycles. The van der Waals surface area contributed by atoms with Crippen molar-refractivity contribution < 1.29 is 13.3 Å². The Balaban J connectivity index is 1.45. The van der Waals surface area contributed by atoms with Crippen molar-refractivity contribution in [2.45, 2.75) is 38.0 Å². The molecule has 150 valence electrons. The molecular formula is C24H24ClFN2O. The van der Waals surface area contributed by atoms with E-state index in [1.54, 1.807) is 36.5 Å². The number of halogens is 2. The second-order valence-corrected chi connectivity index (χ2v) is 8.13. The van der Waals surface area contributed by atoms with Crippen LogP contribution in [0.3, 0.4) is 0 Å². The molecule has 1 saturated carbocycles. The van der Waals surface area contributed by atoms with Crippen LogP contribution in [0, 0.1) is 11.7 Å². The lowest BCUT2D eigenvalue weighted by atomic mass is 9.76. The van der Waals surface area contributed by atoms with Crippen LogP contribution < -0.4 is 4.90 Å². The topological polar surface area (TPSA) is 33.2 Å². The molecular weight excluding hydrogens is 387 g/mol. The van der Waals surface area contributed by atoms with Gasteiger partial charge in [0.05, 0.1) is 5.52 Å². The van der Waals surface area contributed by atoms with Gasteiger partial charge in [-0.1, -0.05) is 11.6 Å². The molecule has 0 unspecified atom stereocenters. The lowest BCUT2D eigenvalue weighted by Gasteiger charge is -2.30. The van der Waals surface area contributed by atoms with Gasteiger partial charge < -0.3 is 4.90 Å². The van der Waals surface area contributed by atoms with Gasteiger partial charge in [0.25, 0.3) is 0 Å². The Bertz CT molecular complexity index is 1110. The molecule has 0 N–H and O–H groups in total. The number of aromatic nitrogens is 1. The first kappa shape index (κ1) is 16.3. The molecule has 3 aromatic rings. The molecule has 1 amide bonds. The quantitative estimate of drug-likeness (QED) is 0.499. The zero-order valence-electron chi connectivity index (χ0n) is 18.9. The van der Waals surface area contributed by atoms with E-state index in [1.807, 2.05) is 6.07 Å². The van der Waals surface area contributed by atoms with Crippen molar-refractivity contribution in [1.82, 2.24) is 4.98 Å². The minimum absolute atomic E-state index is 0.112. The maximum Gasteiger partial charge on any atom is 0.226 e. The summed E-state index contributed by atoms with van der Waals surface area (Å²) in [4.78, 5) is 18.2. The van der Waals surface area contributed by atoms with Gasteiger partial charge in [-0.3, -0.25) is 9.78 Å². The zero-order chi connectivity index (χ0) is 22.9. The van der Waals surface area contributed by atoms with Crippen LogP contribution in [0.4, 0.5) is 10.1 Å². The van der Waals surface area contributed by atoms with E-state index in [4.69, 9.17) is 15.7 Å². The first-order valence-corrected chi connectivity index (χ1v) is 10.2. The Morgan fingerprint density at radius 1 is 1.17 bits per heavy atom. The van der Waals surface area contributed by atoms with Gasteiger partial charge in [0.2, 0.25) is 5.91 Å². The molecule has 1 aliphatic rings. The summed E-state index contributed by atoms with van der Waals surface area (Å²) in [6.45, 7) is -2.57. The molecule has 1 aliphatic carbocycles. The van der Waals surface area contributed by atoms with Crippen LogP contribution in [0.5, 0.6) is 0 Å². The van der Waals surface area contributed by atoms with Crippen molar-refractivity contribution in [2.75, 3.05) is 11.9 Å². The standard InChI is InChI=1S/C24H24ClFN2O/c1-28(20-9-6-18(25)7-10-20)24(29)14-16-2-4-17(5-3-16)21-12-13-27-23-11-8-19(26)15-22(21)23/h6-13,15-17H,2-5,14H2,1H3/i1D3. The Morgan fingerprint density at radius 2 is 1.93 bits per heavy atom. The predicted molar refractivity (Wildman–Crippen MR) is 116 cm³/mol. The molecule has 2 aromatic carbocycles. The minimum atomic E-state index is -2.57. The highest BCUT2D eigenvalue weighted by atomic mass is 35.5. The van der Waals surface area contributed by atoms with Gasteiger partial charge in [-0.25, -0.2) is 4.39 Å². The highest BCUT2D eigenvalue weighted by Crippen LogP contribution is 2.39. The number of fused-ring (bicyclic) bond motifs is 1. The average Bonchev–Trinajstić information content (AvgIpc) is 2.74. The van der Waals surface area contributed by atoms with Crippen LogP contribution in [0.1, 0.15) is 47.7 Å². The number of hydrogen-bond acceptors (Lipinski definition) is 2. The number of carbonyl (C=O) groups is 1. The molecule has 1 heterocycles.